The topological polar surface area (TPSA) is 55.1 Å². The molecule has 3 nitrogen and oxygen atoms in total. The number of anilines is 1. The van der Waals surface area contributed by atoms with Crippen molar-refractivity contribution in [1.82, 2.24) is 0 Å². The number of aryl methyl sites for hydroxylation is 1. The number of nitrogens with one attached hydrogen (secondary N) is 1. The normalized spacial score (nSPS) is 12.2. The van der Waals surface area contributed by atoms with Crippen molar-refractivity contribution in [3.05, 3.63) is 28.8 Å². The monoisotopic (exact) mass is 272 g/mol. The second kappa shape index (κ2) is 6.89. The van der Waals surface area contributed by atoms with Crippen LogP contribution < -0.4 is 11.1 Å². The Morgan fingerprint density at radius 1 is 1.59 bits per heavy atom. The predicted octanol–water partition coefficient (Wildman–Crippen LogP) is 2.67. The first-order chi connectivity index (χ1) is 7.99. The minimum Gasteiger partial charge on any atom is -0.327 e. The van der Waals surface area contributed by atoms with Crippen LogP contribution in [0.4, 0.5) is 5.69 Å². The number of rotatable bonds is 5. The Balaban J connectivity index is 2.42. The highest BCUT2D eigenvalue weighted by molar-refractivity contribution is 8.00. The molecule has 5 heteroatoms. The maximum atomic E-state index is 11.6. The van der Waals surface area contributed by atoms with Gasteiger partial charge < -0.3 is 11.1 Å². The van der Waals surface area contributed by atoms with Crippen LogP contribution in [0.15, 0.2) is 18.2 Å². The van der Waals surface area contributed by atoms with Gasteiger partial charge in [0, 0.05) is 22.5 Å². The summed E-state index contributed by atoms with van der Waals surface area (Å²) in [7, 11) is 0. The van der Waals surface area contributed by atoms with Gasteiger partial charge in [-0.1, -0.05) is 17.7 Å². The van der Waals surface area contributed by atoms with E-state index >= 15 is 0 Å². The van der Waals surface area contributed by atoms with E-state index in [2.05, 4.69) is 5.32 Å². The van der Waals surface area contributed by atoms with Gasteiger partial charge in [-0.2, -0.15) is 11.8 Å². The molecule has 0 aliphatic carbocycles. The van der Waals surface area contributed by atoms with Gasteiger partial charge in [0.2, 0.25) is 5.91 Å². The molecule has 0 saturated carbocycles. The quantitative estimate of drug-likeness (QED) is 0.866. The highest BCUT2D eigenvalue weighted by Crippen LogP contribution is 2.20. The molecule has 0 fully saturated rings. The fourth-order valence-electron chi connectivity index (χ4n) is 1.21. The number of hydrogen-bond acceptors (Lipinski definition) is 3. The molecule has 0 aliphatic rings. The Kier molecular flexibility index (Phi) is 5.82. The maximum absolute atomic E-state index is 11.6. The molecule has 3 N–H and O–H groups in total. The summed E-state index contributed by atoms with van der Waals surface area (Å²) >= 11 is 7.50. The van der Waals surface area contributed by atoms with Gasteiger partial charge in [0.05, 0.1) is 5.75 Å². The van der Waals surface area contributed by atoms with Crippen LogP contribution in [0.2, 0.25) is 5.02 Å². The third kappa shape index (κ3) is 5.44. The minimum atomic E-state index is -0.0319. The summed E-state index contributed by atoms with van der Waals surface area (Å²) in [6.07, 6.45) is 0. The van der Waals surface area contributed by atoms with Gasteiger partial charge in [0.1, 0.15) is 0 Å². The highest BCUT2D eigenvalue weighted by atomic mass is 35.5. The van der Waals surface area contributed by atoms with Crippen LogP contribution in [-0.4, -0.2) is 23.5 Å². The molecule has 0 heterocycles. The number of carbonyl (C=O) groups is 1. The first-order valence-corrected chi connectivity index (χ1v) is 6.91. The van der Waals surface area contributed by atoms with Crippen molar-refractivity contribution < 1.29 is 4.79 Å². The number of halogens is 1. The number of hydrogen-bond donors (Lipinski definition) is 2. The molecular weight excluding hydrogens is 256 g/mol. The summed E-state index contributed by atoms with van der Waals surface area (Å²) in [5, 5.41) is 3.46. The molecule has 1 aromatic rings. The van der Waals surface area contributed by atoms with Crippen molar-refractivity contribution in [2.24, 2.45) is 5.73 Å². The smallest absolute Gasteiger partial charge is 0.234 e. The summed E-state index contributed by atoms with van der Waals surface area (Å²) in [5.41, 5.74) is 7.32. The van der Waals surface area contributed by atoms with Crippen LogP contribution in [0.25, 0.3) is 0 Å². The van der Waals surface area contributed by atoms with Gasteiger partial charge in [-0.3, -0.25) is 4.79 Å². The zero-order chi connectivity index (χ0) is 12.8. The molecule has 0 spiro atoms. The van der Waals surface area contributed by atoms with E-state index in [4.69, 9.17) is 17.3 Å². The van der Waals surface area contributed by atoms with E-state index in [-0.39, 0.29) is 11.9 Å². The lowest BCUT2D eigenvalue weighted by atomic mass is 10.2. The van der Waals surface area contributed by atoms with E-state index in [1.807, 2.05) is 26.0 Å². The zero-order valence-electron chi connectivity index (χ0n) is 10.00. The van der Waals surface area contributed by atoms with Crippen molar-refractivity contribution in [3.8, 4) is 0 Å². The van der Waals surface area contributed by atoms with Crippen molar-refractivity contribution in [1.29, 1.82) is 0 Å². The first-order valence-electron chi connectivity index (χ1n) is 5.38. The van der Waals surface area contributed by atoms with E-state index < -0.39 is 0 Å². The van der Waals surface area contributed by atoms with E-state index in [0.29, 0.717) is 10.8 Å². The van der Waals surface area contributed by atoms with Crippen LogP contribution >= 0.6 is 23.4 Å². The molecule has 0 aromatic heterocycles. The second-order valence-corrected chi connectivity index (χ2v) is 5.44. The summed E-state index contributed by atoms with van der Waals surface area (Å²) in [6.45, 7) is 3.84. The fraction of sp³-hybridized carbons (Fsp3) is 0.417. The lowest BCUT2D eigenvalue weighted by Crippen LogP contribution is -2.20. The van der Waals surface area contributed by atoms with E-state index in [0.717, 1.165) is 17.0 Å². The second-order valence-electron chi connectivity index (χ2n) is 4.00. The molecular formula is C12H17ClN2OS. The van der Waals surface area contributed by atoms with Crippen molar-refractivity contribution in [3.63, 3.8) is 0 Å². The lowest BCUT2D eigenvalue weighted by Gasteiger charge is -2.07. The Bertz CT molecular complexity index is 396. The Morgan fingerprint density at radius 3 is 2.88 bits per heavy atom. The zero-order valence-corrected chi connectivity index (χ0v) is 11.6. The molecule has 1 aromatic carbocycles. The molecule has 0 saturated heterocycles. The van der Waals surface area contributed by atoms with Crippen LogP contribution in [0.5, 0.6) is 0 Å². The number of nitrogens with two attached hydrogens (primary N) is 1. The van der Waals surface area contributed by atoms with Gasteiger partial charge in [0.25, 0.3) is 0 Å². The van der Waals surface area contributed by atoms with E-state index in [1.54, 1.807) is 6.07 Å². The van der Waals surface area contributed by atoms with Gasteiger partial charge >= 0.3 is 0 Å². The summed E-state index contributed by atoms with van der Waals surface area (Å²) in [5.74, 6) is 1.16. The minimum absolute atomic E-state index is 0.0319. The highest BCUT2D eigenvalue weighted by Gasteiger charge is 2.04. The van der Waals surface area contributed by atoms with E-state index in [1.165, 1.54) is 11.8 Å². The molecule has 1 unspecified atom stereocenters. The van der Waals surface area contributed by atoms with Crippen LogP contribution in [-0.2, 0) is 4.79 Å². The number of carbonyl (C=O) groups excluding carboxylic acids is 1. The Morgan fingerprint density at radius 2 is 2.29 bits per heavy atom. The average molecular weight is 273 g/mol. The van der Waals surface area contributed by atoms with Crippen molar-refractivity contribution in [2.45, 2.75) is 19.9 Å². The average Bonchev–Trinajstić information content (AvgIpc) is 2.23. The van der Waals surface area contributed by atoms with Gasteiger partial charge in [-0.15, -0.1) is 0 Å². The molecule has 1 amide bonds. The van der Waals surface area contributed by atoms with Crippen LogP contribution in [0.1, 0.15) is 12.5 Å². The third-order valence-corrected chi connectivity index (χ3v) is 3.70. The van der Waals surface area contributed by atoms with Crippen molar-refractivity contribution >= 4 is 35.0 Å². The lowest BCUT2D eigenvalue weighted by molar-refractivity contribution is -0.113. The molecule has 1 atom stereocenters. The third-order valence-electron chi connectivity index (χ3n) is 2.07. The molecule has 0 radical (unpaired) electrons. The first kappa shape index (κ1) is 14.4. The number of thioether (sulfide) groups is 1. The summed E-state index contributed by atoms with van der Waals surface area (Å²) in [6, 6.07) is 5.59. The molecule has 1 rings (SSSR count). The largest absolute Gasteiger partial charge is 0.327 e. The predicted molar refractivity (Wildman–Crippen MR) is 75.8 cm³/mol. The molecule has 0 bridgehead atoms. The Hall–Kier alpha value is -0.710. The molecule has 0 aliphatic heterocycles. The molecule has 17 heavy (non-hydrogen) atoms. The van der Waals surface area contributed by atoms with Gasteiger partial charge in [0.15, 0.2) is 0 Å². The van der Waals surface area contributed by atoms with E-state index in [9.17, 15) is 4.79 Å². The van der Waals surface area contributed by atoms with Gasteiger partial charge in [-0.05, 0) is 31.5 Å². The number of amides is 1. The fourth-order valence-corrected chi connectivity index (χ4v) is 2.13. The summed E-state index contributed by atoms with van der Waals surface area (Å²) in [4.78, 5) is 11.6. The standard InChI is InChI=1S/C12H17ClN2OS/c1-8-3-4-10(5-11(8)13)15-12(16)7-17-6-9(2)14/h3-5,9H,6-7,14H2,1-2H3,(H,15,16). The van der Waals surface area contributed by atoms with Crippen LogP contribution in [0.3, 0.4) is 0 Å². The summed E-state index contributed by atoms with van der Waals surface area (Å²) < 4.78 is 0. The van der Waals surface area contributed by atoms with Crippen molar-refractivity contribution in [2.75, 3.05) is 16.8 Å². The maximum Gasteiger partial charge on any atom is 0.234 e. The molecule has 94 valence electrons. The van der Waals surface area contributed by atoms with Crippen LogP contribution in [0, 0.1) is 6.92 Å². The number of benzene rings is 1. The SMILES string of the molecule is Cc1ccc(NC(=O)CSCC(C)N)cc1Cl. The Labute approximate surface area is 111 Å². The van der Waals surface area contributed by atoms with Gasteiger partial charge in [-0.25, -0.2) is 0 Å².